The summed E-state index contributed by atoms with van der Waals surface area (Å²) < 4.78 is 40.1. The van der Waals surface area contributed by atoms with Gasteiger partial charge in [0.05, 0.1) is 6.20 Å². The summed E-state index contributed by atoms with van der Waals surface area (Å²) in [4.78, 5) is 7.38. The molecule has 0 aliphatic rings. The lowest BCUT2D eigenvalue weighted by Gasteiger charge is -2.10. The number of alkyl halides is 3. The molecule has 3 rings (SSSR count). The van der Waals surface area contributed by atoms with Crippen molar-refractivity contribution in [3.8, 4) is 11.1 Å². The van der Waals surface area contributed by atoms with Crippen LogP contribution in [-0.4, -0.2) is 31.5 Å². The molecule has 0 bridgehead atoms. The van der Waals surface area contributed by atoms with Crippen LogP contribution in [0.25, 0.3) is 11.1 Å². The second-order valence-electron chi connectivity index (χ2n) is 6.05. The Labute approximate surface area is 153 Å². The van der Waals surface area contributed by atoms with Crippen molar-refractivity contribution in [2.45, 2.75) is 26.1 Å². The maximum absolute atomic E-state index is 12.8. The van der Waals surface area contributed by atoms with E-state index in [4.69, 9.17) is 5.11 Å². The fourth-order valence-corrected chi connectivity index (χ4v) is 2.60. The van der Waals surface area contributed by atoms with Crippen LogP contribution in [0, 0.1) is 6.92 Å². The van der Waals surface area contributed by atoms with Gasteiger partial charge in [0.25, 0.3) is 0 Å². The molecule has 1 aromatic carbocycles. The van der Waals surface area contributed by atoms with Crippen molar-refractivity contribution >= 4 is 11.6 Å². The molecule has 0 saturated carbocycles. The molecule has 2 heterocycles. The molecule has 0 aliphatic heterocycles. The monoisotopic (exact) mass is 377 g/mol. The van der Waals surface area contributed by atoms with E-state index in [9.17, 15) is 13.2 Å². The summed E-state index contributed by atoms with van der Waals surface area (Å²) in [6.45, 7) is 2.58. The highest BCUT2D eigenvalue weighted by Crippen LogP contribution is 2.29. The molecule has 27 heavy (non-hydrogen) atoms. The Morgan fingerprint density at radius 1 is 1.19 bits per heavy atom. The van der Waals surface area contributed by atoms with Crippen molar-refractivity contribution < 1.29 is 18.3 Å². The first-order chi connectivity index (χ1) is 12.8. The van der Waals surface area contributed by atoms with Crippen LogP contribution >= 0.6 is 0 Å². The van der Waals surface area contributed by atoms with Crippen LogP contribution in [0.2, 0.25) is 0 Å². The van der Waals surface area contributed by atoms with Gasteiger partial charge in [-0.25, -0.2) is 9.97 Å². The standard InChI is InChI=1S/C18H18F3N5O/c1-12-7-13(14-10-23-26(11-14)5-2-6-27)9-15(8-12)24-17-22-4-3-16(25-17)18(19,20)21/h3-4,7-11,27H,2,5-6H2,1H3,(H,22,24,25). The minimum absolute atomic E-state index is 0.0880. The third kappa shape index (κ3) is 4.82. The molecular weight excluding hydrogens is 359 g/mol. The first-order valence-corrected chi connectivity index (χ1v) is 8.28. The Balaban J connectivity index is 1.85. The molecule has 0 fully saturated rings. The lowest BCUT2D eigenvalue weighted by molar-refractivity contribution is -0.141. The van der Waals surface area contributed by atoms with Crippen LogP contribution in [0.15, 0.2) is 42.9 Å². The second-order valence-corrected chi connectivity index (χ2v) is 6.05. The zero-order valence-electron chi connectivity index (χ0n) is 14.5. The van der Waals surface area contributed by atoms with Crippen molar-refractivity contribution in [2.75, 3.05) is 11.9 Å². The summed E-state index contributed by atoms with van der Waals surface area (Å²) in [5.41, 5.74) is 2.22. The fraction of sp³-hybridized carbons (Fsp3) is 0.278. The Morgan fingerprint density at radius 3 is 2.74 bits per heavy atom. The highest BCUT2D eigenvalue weighted by Gasteiger charge is 2.32. The molecule has 0 radical (unpaired) electrons. The average Bonchev–Trinajstić information content (AvgIpc) is 3.08. The molecule has 3 aromatic rings. The van der Waals surface area contributed by atoms with Crippen molar-refractivity contribution in [3.63, 3.8) is 0 Å². The van der Waals surface area contributed by atoms with Crippen molar-refractivity contribution in [3.05, 3.63) is 54.1 Å². The third-order valence-electron chi connectivity index (χ3n) is 3.79. The Hall–Kier alpha value is -2.94. The number of rotatable bonds is 6. The number of nitrogens with one attached hydrogen (secondary N) is 1. The number of aryl methyl sites for hydroxylation is 2. The van der Waals surface area contributed by atoms with Crippen molar-refractivity contribution in [1.29, 1.82) is 0 Å². The molecule has 0 unspecified atom stereocenters. The van der Waals surface area contributed by atoms with Gasteiger partial charge in [-0.1, -0.05) is 6.07 Å². The zero-order valence-corrected chi connectivity index (χ0v) is 14.5. The normalized spacial score (nSPS) is 11.6. The van der Waals surface area contributed by atoms with E-state index < -0.39 is 11.9 Å². The van der Waals surface area contributed by atoms with Crippen LogP contribution in [0.3, 0.4) is 0 Å². The number of hydrogen-bond donors (Lipinski definition) is 2. The van der Waals surface area contributed by atoms with Crippen LogP contribution in [-0.2, 0) is 12.7 Å². The Kier molecular flexibility index (Phi) is 5.41. The predicted molar refractivity (Wildman–Crippen MR) is 94.4 cm³/mol. The van der Waals surface area contributed by atoms with E-state index in [2.05, 4.69) is 20.4 Å². The lowest BCUT2D eigenvalue weighted by Crippen LogP contribution is -2.10. The van der Waals surface area contributed by atoms with Gasteiger partial charge in [0.15, 0.2) is 0 Å². The largest absolute Gasteiger partial charge is 0.433 e. The number of nitrogens with zero attached hydrogens (tertiary/aromatic N) is 4. The number of aromatic nitrogens is 4. The number of aliphatic hydroxyl groups excluding tert-OH is 1. The van der Waals surface area contributed by atoms with Crippen LogP contribution in [0.1, 0.15) is 17.7 Å². The van der Waals surface area contributed by atoms with Gasteiger partial charge in [0.1, 0.15) is 5.69 Å². The topological polar surface area (TPSA) is 75.9 Å². The van der Waals surface area contributed by atoms with E-state index in [1.165, 1.54) is 0 Å². The van der Waals surface area contributed by atoms with E-state index in [1.807, 2.05) is 19.2 Å². The van der Waals surface area contributed by atoms with Gasteiger partial charge < -0.3 is 10.4 Å². The van der Waals surface area contributed by atoms with Gasteiger partial charge in [-0.3, -0.25) is 4.68 Å². The van der Waals surface area contributed by atoms with Crippen molar-refractivity contribution in [2.24, 2.45) is 0 Å². The van der Waals surface area contributed by atoms with Gasteiger partial charge in [-0.15, -0.1) is 0 Å². The number of anilines is 2. The van der Waals surface area contributed by atoms with E-state index in [-0.39, 0.29) is 12.6 Å². The van der Waals surface area contributed by atoms with E-state index in [0.717, 1.165) is 29.0 Å². The quantitative estimate of drug-likeness (QED) is 0.684. The lowest BCUT2D eigenvalue weighted by atomic mass is 10.1. The molecule has 0 spiro atoms. The summed E-state index contributed by atoms with van der Waals surface area (Å²) in [5, 5.41) is 16.0. The highest BCUT2D eigenvalue weighted by molar-refractivity contribution is 5.70. The zero-order chi connectivity index (χ0) is 19.4. The molecule has 142 valence electrons. The maximum Gasteiger partial charge on any atom is 0.433 e. The van der Waals surface area contributed by atoms with Gasteiger partial charge in [0.2, 0.25) is 5.95 Å². The molecule has 0 saturated heterocycles. The van der Waals surface area contributed by atoms with Gasteiger partial charge in [-0.2, -0.15) is 18.3 Å². The first-order valence-electron chi connectivity index (χ1n) is 8.28. The van der Waals surface area contributed by atoms with Crippen molar-refractivity contribution in [1.82, 2.24) is 19.7 Å². The molecule has 9 heteroatoms. The summed E-state index contributed by atoms with van der Waals surface area (Å²) >= 11 is 0. The fourth-order valence-electron chi connectivity index (χ4n) is 2.60. The van der Waals surface area contributed by atoms with E-state index in [1.54, 1.807) is 23.0 Å². The molecule has 2 aromatic heterocycles. The van der Waals surface area contributed by atoms with Gasteiger partial charge >= 0.3 is 6.18 Å². The van der Waals surface area contributed by atoms with Gasteiger partial charge in [0, 0.05) is 36.8 Å². The smallest absolute Gasteiger partial charge is 0.396 e. The summed E-state index contributed by atoms with van der Waals surface area (Å²) in [7, 11) is 0. The molecule has 2 N–H and O–H groups in total. The van der Waals surface area contributed by atoms with E-state index >= 15 is 0 Å². The number of hydrogen-bond acceptors (Lipinski definition) is 5. The SMILES string of the molecule is Cc1cc(Nc2nccc(C(F)(F)F)n2)cc(-c2cnn(CCCO)c2)c1. The minimum atomic E-state index is -4.53. The summed E-state index contributed by atoms with van der Waals surface area (Å²) in [6.07, 6.45) is 0.709. The summed E-state index contributed by atoms with van der Waals surface area (Å²) in [6, 6.07) is 6.37. The number of aliphatic hydroxyl groups is 1. The Bertz CT molecular complexity index is 923. The molecule has 0 aliphatic carbocycles. The van der Waals surface area contributed by atoms with Crippen LogP contribution in [0.4, 0.5) is 24.8 Å². The van der Waals surface area contributed by atoms with E-state index in [0.29, 0.717) is 18.7 Å². The van der Waals surface area contributed by atoms with Crippen LogP contribution < -0.4 is 5.32 Å². The first kappa shape index (κ1) is 18.8. The minimum Gasteiger partial charge on any atom is -0.396 e. The number of benzene rings is 1. The highest BCUT2D eigenvalue weighted by atomic mass is 19.4. The summed E-state index contributed by atoms with van der Waals surface area (Å²) in [5.74, 6) is -0.125. The third-order valence-corrected chi connectivity index (χ3v) is 3.79. The maximum atomic E-state index is 12.8. The number of halogens is 3. The Morgan fingerprint density at radius 2 is 2.00 bits per heavy atom. The van der Waals surface area contributed by atoms with Crippen LogP contribution in [0.5, 0.6) is 0 Å². The molecular formula is C18H18F3N5O. The average molecular weight is 377 g/mol. The molecule has 0 atom stereocenters. The molecule has 6 nitrogen and oxygen atoms in total. The van der Waals surface area contributed by atoms with Gasteiger partial charge in [-0.05, 0) is 42.7 Å². The molecule has 0 amide bonds. The second kappa shape index (κ2) is 7.75. The predicted octanol–water partition coefficient (Wildman–Crippen LogP) is 3.79.